The average molecular weight is 308 g/mol. The SMILES string of the molecule is Fc1ccc(C2(c3ccc(F)cc3)OCc3ccccc32)cc1. The Morgan fingerprint density at radius 1 is 0.696 bits per heavy atom. The molecule has 4 rings (SSSR count). The Bertz CT molecular complexity index is 793. The quantitative estimate of drug-likeness (QED) is 0.661. The Morgan fingerprint density at radius 2 is 1.22 bits per heavy atom. The lowest BCUT2D eigenvalue weighted by Gasteiger charge is -2.31. The van der Waals surface area contributed by atoms with E-state index in [9.17, 15) is 8.78 Å². The van der Waals surface area contributed by atoms with Crippen molar-refractivity contribution < 1.29 is 13.5 Å². The van der Waals surface area contributed by atoms with E-state index in [4.69, 9.17) is 4.74 Å². The monoisotopic (exact) mass is 308 g/mol. The smallest absolute Gasteiger partial charge is 0.144 e. The van der Waals surface area contributed by atoms with Crippen molar-refractivity contribution in [2.75, 3.05) is 0 Å². The van der Waals surface area contributed by atoms with Crippen LogP contribution in [0, 0.1) is 11.6 Å². The molecule has 0 saturated carbocycles. The van der Waals surface area contributed by atoms with Crippen molar-refractivity contribution in [3.05, 3.63) is 107 Å². The average Bonchev–Trinajstić information content (AvgIpc) is 2.97. The van der Waals surface area contributed by atoms with Crippen molar-refractivity contribution in [3.63, 3.8) is 0 Å². The second-order valence-electron chi connectivity index (χ2n) is 5.64. The maximum Gasteiger partial charge on any atom is 0.144 e. The molecule has 0 aliphatic carbocycles. The summed E-state index contributed by atoms with van der Waals surface area (Å²) in [5.74, 6) is -0.594. The molecule has 3 aromatic rings. The van der Waals surface area contributed by atoms with Gasteiger partial charge in [0.05, 0.1) is 6.61 Å². The van der Waals surface area contributed by atoms with E-state index in [1.807, 2.05) is 24.3 Å². The van der Waals surface area contributed by atoms with Gasteiger partial charge < -0.3 is 4.74 Å². The summed E-state index contributed by atoms with van der Waals surface area (Å²) in [6, 6.07) is 20.5. The van der Waals surface area contributed by atoms with Gasteiger partial charge in [-0.2, -0.15) is 0 Å². The van der Waals surface area contributed by atoms with Crippen molar-refractivity contribution in [2.24, 2.45) is 0 Å². The fourth-order valence-electron chi connectivity index (χ4n) is 3.27. The van der Waals surface area contributed by atoms with E-state index in [0.29, 0.717) is 6.61 Å². The number of hydrogen-bond acceptors (Lipinski definition) is 1. The van der Waals surface area contributed by atoms with Gasteiger partial charge in [0.25, 0.3) is 0 Å². The Morgan fingerprint density at radius 3 is 1.78 bits per heavy atom. The molecular formula is C20H14F2O. The zero-order valence-corrected chi connectivity index (χ0v) is 12.3. The van der Waals surface area contributed by atoms with Gasteiger partial charge in [0.2, 0.25) is 0 Å². The predicted octanol–water partition coefficient (Wildman–Crippen LogP) is 4.79. The summed E-state index contributed by atoms with van der Waals surface area (Å²) in [7, 11) is 0. The molecule has 0 radical (unpaired) electrons. The molecule has 0 amide bonds. The Kier molecular flexibility index (Phi) is 3.24. The van der Waals surface area contributed by atoms with Crippen molar-refractivity contribution >= 4 is 0 Å². The summed E-state index contributed by atoms with van der Waals surface area (Å²) >= 11 is 0. The molecule has 0 saturated heterocycles. The standard InChI is InChI=1S/C20H14F2O/c21-17-9-5-15(6-10-17)20(16-7-11-18(22)12-8-16)19-4-2-1-3-14(19)13-23-20/h1-12H,13H2. The minimum atomic E-state index is -0.835. The van der Waals surface area contributed by atoms with Gasteiger partial charge in [0.1, 0.15) is 17.2 Å². The minimum absolute atomic E-state index is 0.297. The van der Waals surface area contributed by atoms with Crippen LogP contribution in [-0.4, -0.2) is 0 Å². The maximum absolute atomic E-state index is 13.4. The Labute approximate surface area is 133 Å². The molecule has 0 spiro atoms. The van der Waals surface area contributed by atoms with E-state index >= 15 is 0 Å². The predicted molar refractivity (Wildman–Crippen MR) is 83.9 cm³/mol. The van der Waals surface area contributed by atoms with Crippen LogP contribution >= 0.6 is 0 Å². The van der Waals surface area contributed by atoms with Crippen LogP contribution in [0.2, 0.25) is 0 Å². The molecule has 23 heavy (non-hydrogen) atoms. The minimum Gasteiger partial charge on any atom is -0.356 e. The zero-order chi connectivity index (χ0) is 15.9. The van der Waals surface area contributed by atoms with Crippen molar-refractivity contribution in [3.8, 4) is 0 Å². The Balaban J connectivity index is 1.99. The highest BCUT2D eigenvalue weighted by Gasteiger charge is 2.43. The van der Waals surface area contributed by atoms with Crippen LogP contribution in [0.15, 0.2) is 72.8 Å². The lowest BCUT2D eigenvalue weighted by Crippen LogP contribution is -2.28. The fourth-order valence-corrected chi connectivity index (χ4v) is 3.27. The number of halogens is 2. The molecule has 0 aromatic heterocycles. The van der Waals surface area contributed by atoms with Crippen LogP contribution in [0.1, 0.15) is 22.3 Å². The summed E-state index contributed by atoms with van der Waals surface area (Å²) in [4.78, 5) is 0. The highest BCUT2D eigenvalue weighted by Crippen LogP contribution is 2.46. The van der Waals surface area contributed by atoms with E-state index in [1.165, 1.54) is 24.3 Å². The lowest BCUT2D eigenvalue weighted by molar-refractivity contribution is 0.0267. The normalized spacial score (nSPS) is 15.4. The Hall–Kier alpha value is -2.52. The van der Waals surface area contributed by atoms with E-state index in [2.05, 4.69) is 0 Å². The van der Waals surface area contributed by atoms with Crippen LogP contribution < -0.4 is 0 Å². The van der Waals surface area contributed by atoms with Gasteiger partial charge in [-0.05, 0) is 46.5 Å². The molecule has 114 valence electrons. The van der Waals surface area contributed by atoms with Crippen LogP contribution in [0.3, 0.4) is 0 Å². The summed E-state index contributed by atoms with van der Waals surface area (Å²) in [6.45, 7) is 0.463. The molecule has 1 aliphatic heterocycles. The third kappa shape index (κ3) is 2.16. The first-order chi connectivity index (χ1) is 11.2. The molecule has 0 atom stereocenters. The van der Waals surface area contributed by atoms with E-state index in [-0.39, 0.29) is 11.6 Å². The lowest BCUT2D eigenvalue weighted by atomic mass is 9.80. The molecule has 3 aromatic carbocycles. The van der Waals surface area contributed by atoms with Crippen LogP contribution in [0.5, 0.6) is 0 Å². The number of fused-ring (bicyclic) bond motifs is 1. The second-order valence-corrected chi connectivity index (χ2v) is 5.64. The maximum atomic E-state index is 13.4. The number of hydrogen-bond donors (Lipinski definition) is 0. The molecule has 1 aliphatic rings. The first-order valence-electron chi connectivity index (χ1n) is 7.44. The van der Waals surface area contributed by atoms with Crippen LogP contribution in [0.4, 0.5) is 8.78 Å². The van der Waals surface area contributed by atoms with Gasteiger partial charge in [-0.25, -0.2) is 8.78 Å². The largest absolute Gasteiger partial charge is 0.356 e. The summed E-state index contributed by atoms with van der Waals surface area (Å²) in [6.07, 6.45) is 0. The van der Waals surface area contributed by atoms with E-state index in [1.54, 1.807) is 24.3 Å². The summed E-state index contributed by atoms with van der Waals surface area (Å²) < 4.78 is 32.9. The van der Waals surface area contributed by atoms with Gasteiger partial charge in [-0.1, -0.05) is 48.5 Å². The molecule has 3 heteroatoms. The summed E-state index contributed by atoms with van der Waals surface area (Å²) in [5, 5.41) is 0. The molecule has 0 fully saturated rings. The van der Waals surface area contributed by atoms with Crippen LogP contribution in [0.25, 0.3) is 0 Å². The number of ether oxygens (including phenoxy) is 1. The van der Waals surface area contributed by atoms with Crippen molar-refractivity contribution in [2.45, 2.75) is 12.2 Å². The topological polar surface area (TPSA) is 9.23 Å². The van der Waals surface area contributed by atoms with Gasteiger partial charge in [-0.3, -0.25) is 0 Å². The van der Waals surface area contributed by atoms with E-state index in [0.717, 1.165) is 22.3 Å². The molecular weight excluding hydrogens is 294 g/mol. The van der Waals surface area contributed by atoms with Crippen molar-refractivity contribution in [1.29, 1.82) is 0 Å². The van der Waals surface area contributed by atoms with Crippen molar-refractivity contribution in [1.82, 2.24) is 0 Å². The second kappa shape index (κ2) is 5.28. The highest BCUT2D eigenvalue weighted by molar-refractivity contribution is 5.52. The highest BCUT2D eigenvalue weighted by atomic mass is 19.1. The van der Waals surface area contributed by atoms with Gasteiger partial charge in [-0.15, -0.1) is 0 Å². The van der Waals surface area contributed by atoms with Gasteiger partial charge in [0.15, 0.2) is 0 Å². The first-order valence-corrected chi connectivity index (χ1v) is 7.44. The number of benzene rings is 3. The third-order valence-electron chi connectivity index (χ3n) is 4.34. The van der Waals surface area contributed by atoms with Crippen LogP contribution in [-0.2, 0) is 16.9 Å². The molecule has 1 nitrogen and oxygen atoms in total. The summed E-state index contributed by atoms with van der Waals surface area (Å²) in [5.41, 5.74) is 2.92. The third-order valence-corrected chi connectivity index (χ3v) is 4.34. The molecule has 0 N–H and O–H groups in total. The van der Waals surface area contributed by atoms with Gasteiger partial charge >= 0.3 is 0 Å². The fraction of sp³-hybridized carbons (Fsp3) is 0.100. The van der Waals surface area contributed by atoms with E-state index < -0.39 is 5.60 Å². The van der Waals surface area contributed by atoms with Gasteiger partial charge in [0, 0.05) is 0 Å². The zero-order valence-electron chi connectivity index (χ0n) is 12.3. The molecule has 0 bridgehead atoms. The molecule has 1 heterocycles. The number of rotatable bonds is 2. The molecule has 0 unspecified atom stereocenters. The first kappa shape index (κ1) is 14.1.